The van der Waals surface area contributed by atoms with Crippen LogP contribution in [-0.4, -0.2) is 27.1 Å². The molecule has 3 aromatic rings. The Kier molecular flexibility index (Phi) is 4.80. The third kappa shape index (κ3) is 3.40. The molecule has 28 heavy (non-hydrogen) atoms. The lowest BCUT2D eigenvalue weighted by Crippen LogP contribution is -2.30. The largest absolute Gasteiger partial charge is 0.462 e. The zero-order chi connectivity index (χ0) is 20.6. The number of aromatic amines is 1. The Morgan fingerprint density at radius 1 is 1.25 bits per heavy atom. The molecule has 0 fully saturated rings. The van der Waals surface area contributed by atoms with Crippen molar-refractivity contribution >= 4 is 17.0 Å². The number of pyridine rings is 1. The molecular formula is C18H14F3N3O4. The fraction of sp³-hybridized carbons (Fsp3) is 0.222. The van der Waals surface area contributed by atoms with Crippen molar-refractivity contribution in [1.82, 2.24) is 14.5 Å². The predicted molar refractivity (Wildman–Crippen MR) is 94.0 cm³/mol. The molecular weight excluding hydrogens is 379 g/mol. The third-order valence-corrected chi connectivity index (χ3v) is 4.05. The molecule has 146 valence electrons. The van der Waals surface area contributed by atoms with E-state index in [0.29, 0.717) is 0 Å². The minimum Gasteiger partial charge on any atom is -0.462 e. The van der Waals surface area contributed by atoms with Gasteiger partial charge >= 0.3 is 17.8 Å². The van der Waals surface area contributed by atoms with Crippen molar-refractivity contribution in [1.29, 1.82) is 0 Å². The number of hydrogen-bond donors (Lipinski definition) is 1. The van der Waals surface area contributed by atoms with Gasteiger partial charge in [-0.1, -0.05) is 12.1 Å². The van der Waals surface area contributed by atoms with Crippen LogP contribution in [0.5, 0.6) is 0 Å². The van der Waals surface area contributed by atoms with E-state index in [0.717, 1.165) is 16.7 Å². The fourth-order valence-corrected chi connectivity index (χ4v) is 2.71. The number of H-pyrrole nitrogens is 1. The molecule has 10 heteroatoms. The molecule has 2 aromatic heterocycles. The molecule has 0 atom stereocenters. The van der Waals surface area contributed by atoms with Crippen molar-refractivity contribution in [3.63, 3.8) is 0 Å². The third-order valence-electron chi connectivity index (χ3n) is 4.05. The number of hydrogen-bond acceptors (Lipinski definition) is 5. The van der Waals surface area contributed by atoms with Crippen molar-refractivity contribution in [2.75, 3.05) is 6.61 Å². The SMILES string of the molecule is CCOC(=O)c1cc(-c2cccc(C(F)(F)F)c2)nc2c1c(=O)[nH]c(=O)n2C. The molecule has 0 amide bonds. The highest BCUT2D eigenvalue weighted by atomic mass is 19.4. The number of carbonyl (C=O) groups excluding carboxylic acids is 1. The molecule has 7 nitrogen and oxygen atoms in total. The molecule has 0 aliphatic heterocycles. The average molecular weight is 393 g/mol. The summed E-state index contributed by atoms with van der Waals surface area (Å²) in [7, 11) is 1.32. The van der Waals surface area contributed by atoms with Crippen LogP contribution < -0.4 is 11.2 Å². The molecule has 0 aliphatic rings. The molecule has 0 saturated heterocycles. The van der Waals surface area contributed by atoms with E-state index in [1.807, 2.05) is 0 Å². The normalized spacial score (nSPS) is 11.6. The summed E-state index contributed by atoms with van der Waals surface area (Å²) in [5.74, 6) is -0.854. The van der Waals surface area contributed by atoms with Gasteiger partial charge in [-0.25, -0.2) is 14.6 Å². The summed E-state index contributed by atoms with van der Waals surface area (Å²) in [4.78, 5) is 42.7. The molecule has 0 saturated carbocycles. The fourth-order valence-electron chi connectivity index (χ4n) is 2.71. The summed E-state index contributed by atoms with van der Waals surface area (Å²) in [6.07, 6.45) is -4.57. The zero-order valence-electron chi connectivity index (χ0n) is 14.8. The lowest BCUT2D eigenvalue weighted by atomic mass is 10.0. The Hall–Kier alpha value is -3.43. The van der Waals surface area contributed by atoms with Crippen LogP contribution in [0, 0.1) is 0 Å². The highest BCUT2D eigenvalue weighted by Crippen LogP contribution is 2.32. The van der Waals surface area contributed by atoms with E-state index in [9.17, 15) is 27.6 Å². The van der Waals surface area contributed by atoms with Crippen molar-refractivity contribution in [3.8, 4) is 11.3 Å². The number of nitrogens with one attached hydrogen (secondary N) is 1. The zero-order valence-corrected chi connectivity index (χ0v) is 14.8. The van der Waals surface area contributed by atoms with Gasteiger partial charge in [-0.3, -0.25) is 14.3 Å². The van der Waals surface area contributed by atoms with Gasteiger partial charge in [0.15, 0.2) is 5.65 Å². The van der Waals surface area contributed by atoms with Crippen LogP contribution in [0.25, 0.3) is 22.3 Å². The summed E-state index contributed by atoms with van der Waals surface area (Å²) in [5.41, 5.74) is -2.81. The summed E-state index contributed by atoms with van der Waals surface area (Å²) in [5, 5.41) is -0.184. The van der Waals surface area contributed by atoms with Crippen LogP contribution in [0.1, 0.15) is 22.8 Å². The summed E-state index contributed by atoms with van der Waals surface area (Å²) < 4.78 is 45.0. The molecule has 1 N–H and O–H groups in total. The second-order valence-corrected chi connectivity index (χ2v) is 5.87. The van der Waals surface area contributed by atoms with Gasteiger partial charge in [0.1, 0.15) is 0 Å². The molecule has 0 aliphatic carbocycles. The van der Waals surface area contributed by atoms with E-state index in [1.54, 1.807) is 6.92 Å². The Balaban J connectivity index is 2.37. The van der Waals surface area contributed by atoms with Gasteiger partial charge in [-0.05, 0) is 25.1 Å². The van der Waals surface area contributed by atoms with Gasteiger partial charge in [-0.2, -0.15) is 13.2 Å². The maximum atomic E-state index is 13.0. The number of nitrogens with zero attached hydrogens (tertiary/aromatic N) is 2. The number of carbonyl (C=O) groups is 1. The van der Waals surface area contributed by atoms with E-state index in [4.69, 9.17) is 4.74 Å². The highest BCUT2D eigenvalue weighted by molar-refractivity contribution is 6.03. The second-order valence-electron chi connectivity index (χ2n) is 5.87. The molecule has 2 heterocycles. The summed E-state index contributed by atoms with van der Waals surface area (Å²) >= 11 is 0. The molecule has 0 bridgehead atoms. The summed E-state index contributed by atoms with van der Waals surface area (Å²) in [6.45, 7) is 1.58. The van der Waals surface area contributed by atoms with E-state index in [-0.39, 0.29) is 34.5 Å². The highest BCUT2D eigenvalue weighted by Gasteiger charge is 2.30. The first-order chi connectivity index (χ1) is 13.1. The summed E-state index contributed by atoms with van der Waals surface area (Å²) in [6, 6.07) is 5.52. The number of fused-ring (bicyclic) bond motifs is 1. The van der Waals surface area contributed by atoms with Crippen LogP contribution in [0.2, 0.25) is 0 Å². The van der Waals surface area contributed by atoms with Crippen LogP contribution in [0.3, 0.4) is 0 Å². The van der Waals surface area contributed by atoms with Crippen LogP contribution >= 0.6 is 0 Å². The topological polar surface area (TPSA) is 94.1 Å². The van der Waals surface area contributed by atoms with E-state index in [1.165, 1.54) is 25.2 Å². The maximum absolute atomic E-state index is 13.0. The molecule has 0 unspecified atom stereocenters. The van der Waals surface area contributed by atoms with Gasteiger partial charge in [0.2, 0.25) is 0 Å². The number of esters is 1. The van der Waals surface area contributed by atoms with E-state index >= 15 is 0 Å². The van der Waals surface area contributed by atoms with Crippen molar-refractivity contribution in [3.05, 3.63) is 62.3 Å². The molecule has 0 spiro atoms. The van der Waals surface area contributed by atoms with E-state index < -0.39 is 29.0 Å². The monoisotopic (exact) mass is 393 g/mol. The van der Waals surface area contributed by atoms with Gasteiger partial charge in [0.05, 0.1) is 28.8 Å². The maximum Gasteiger partial charge on any atom is 0.416 e. The van der Waals surface area contributed by atoms with Crippen molar-refractivity contribution in [2.45, 2.75) is 13.1 Å². The van der Waals surface area contributed by atoms with Gasteiger partial charge in [0.25, 0.3) is 5.56 Å². The first kappa shape index (κ1) is 19.3. The number of ether oxygens (including phenoxy) is 1. The number of aromatic nitrogens is 3. The van der Waals surface area contributed by atoms with Crippen molar-refractivity contribution < 1.29 is 22.7 Å². The van der Waals surface area contributed by atoms with Crippen molar-refractivity contribution in [2.24, 2.45) is 7.05 Å². The Morgan fingerprint density at radius 2 is 1.96 bits per heavy atom. The van der Waals surface area contributed by atoms with Crippen LogP contribution in [0.4, 0.5) is 13.2 Å². The quantitative estimate of drug-likeness (QED) is 0.690. The van der Waals surface area contributed by atoms with Crippen LogP contribution in [0.15, 0.2) is 39.9 Å². The number of benzene rings is 1. The predicted octanol–water partition coefficient (Wildman–Crippen LogP) is 2.48. The first-order valence-corrected chi connectivity index (χ1v) is 8.12. The second kappa shape index (κ2) is 6.95. The molecule has 3 rings (SSSR count). The Labute approximate surface area is 155 Å². The molecule has 0 radical (unpaired) electrons. The Bertz CT molecular complexity index is 1200. The van der Waals surface area contributed by atoms with Gasteiger partial charge in [-0.15, -0.1) is 0 Å². The van der Waals surface area contributed by atoms with E-state index in [2.05, 4.69) is 9.97 Å². The number of aryl methyl sites for hydroxylation is 1. The van der Waals surface area contributed by atoms with Gasteiger partial charge < -0.3 is 4.74 Å². The first-order valence-electron chi connectivity index (χ1n) is 8.12. The standard InChI is InChI=1S/C18H14F3N3O4/c1-3-28-16(26)11-8-12(9-5-4-6-10(7-9)18(19,20)21)22-14-13(11)15(25)23-17(27)24(14)2/h4-8H,3H2,1-2H3,(H,23,25,27). The number of rotatable bonds is 3. The lowest BCUT2D eigenvalue weighted by molar-refractivity contribution is -0.137. The number of alkyl halides is 3. The minimum atomic E-state index is -4.57. The average Bonchev–Trinajstić information content (AvgIpc) is 2.65. The van der Waals surface area contributed by atoms with Crippen LogP contribution in [-0.2, 0) is 18.0 Å². The number of halogens is 3. The smallest absolute Gasteiger partial charge is 0.416 e. The lowest BCUT2D eigenvalue weighted by Gasteiger charge is -2.12. The van der Waals surface area contributed by atoms with Gasteiger partial charge in [0, 0.05) is 12.6 Å². The Morgan fingerprint density at radius 3 is 2.61 bits per heavy atom. The minimum absolute atomic E-state index is 0.0118. The molecule has 1 aromatic carbocycles.